The lowest BCUT2D eigenvalue weighted by Crippen LogP contribution is -2.49. The zero-order valence-electron chi connectivity index (χ0n) is 15.8. The maximum Gasteiger partial charge on any atom is 0.409 e. The molecule has 148 valence electrons. The number of aryl methyl sites for hydroxylation is 1. The maximum atomic E-state index is 11.5. The number of rotatable bonds is 6. The van der Waals surface area contributed by atoms with Crippen LogP contribution in [0.1, 0.15) is 36.6 Å². The second-order valence-electron chi connectivity index (χ2n) is 5.96. The second-order valence-corrected chi connectivity index (χ2v) is 7.16. The minimum absolute atomic E-state index is 0. The van der Waals surface area contributed by atoms with Crippen molar-refractivity contribution in [3.8, 4) is 0 Å². The molecule has 0 aliphatic carbocycles. The molecule has 9 heteroatoms. The van der Waals surface area contributed by atoms with Gasteiger partial charge in [-0.3, -0.25) is 4.99 Å². The Kier molecular flexibility index (Phi) is 10.9. The summed E-state index contributed by atoms with van der Waals surface area (Å²) < 4.78 is 4.78. The molecule has 1 aromatic rings. The van der Waals surface area contributed by atoms with Gasteiger partial charge in [0.05, 0.1) is 12.1 Å². The first-order valence-corrected chi connectivity index (χ1v) is 9.79. The van der Waals surface area contributed by atoms with Crippen LogP contribution in [0.5, 0.6) is 0 Å². The topological polar surface area (TPSA) is 78.9 Å². The standard InChI is InChI=1S/C17H29N5O2S.HI/c1-4-14-12-20-15(25-14)6-9-19-16(18-5-2)21-13-7-10-22(11-8-13)17(23)24-3;/h12-13H,4-11H2,1-3H3,(H2,18,19,21);1H. The van der Waals surface area contributed by atoms with Gasteiger partial charge in [0.1, 0.15) is 0 Å². The minimum Gasteiger partial charge on any atom is -0.453 e. The number of amides is 1. The summed E-state index contributed by atoms with van der Waals surface area (Å²) in [5.74, 6) is 0.839. The van der Waals surface area contributed by atoms with Gasteiger partial charge in [0, 0.05) is 49.7 Å². The molecule has 1 aliphatic heterocycles. The van der Waals surface area contributed by atoms with Crippen LogP contribution < -0.4 is 10.6 Å². The largest absolute Gasteiger partial charge is 0.453 e. The molecule has 0 spiro atoms. The average Bonchev–Trinajstić information content (AvgIpc) is 3.10. The number of likely N-dealkylation sites (tertiary alicyclic amines) is 1. The Bertz CT molecular complexity index is 573. The highest BCUT2D eigenvalue weighted by atomic mass is 127. The molecule has 0 bridgehead atoms. The van der Waals surface area contributed by atoms with Crippen molar-refractivity contribution in [2.45, 2.75) is 45.6 Å². The Morgan fingerprint density at radius 3 is 2.73 bits per heavy atom. The third-order valence-electron chi connectivity index (χ3n) is 4.16. The summed E-state index contributed by atoms with van der Waals surface area (Å²) in [6.45, 7) is 7.17. The zero-order chi connectivity index (χ0) is 18.1. The van der Waals surface area contributed by atoms with Crippen molar-refractivity contribution >= 4 is 47.4 Å². The molecule has 0 saturated carbocycles. The molecule has 1 aliphatic rings. The normalized spacial score (nSPS) is 15.3. The highest BCUT2D eigenvalue weighted by Gasteiger charge is 2.23. The van der Waals surface area contributed by atoms with Gasteiger partial charge in [0.25, 0.3) is 0 Å². The third-order valence-corrected chi connectivity index (χ3v) is 5.36. The average molecular weight is 495 g/mol. The Morgan fingerprint density at radius 1 is 1.42 bits per heavy atom. The van der Waals surface area contributed by atoms with E-state index in [4.69, 9.17) is 4.74 Å². The van der Waals surface area contributed by atoms with E-state index in [0.717, 1.165) is 43.2 Å². The minimum atomic E-state index is -0.242. The van der Waals surface area contributed by atoms with Crippen LogP contribution >= 0.6 is 35.3 Å². The summed E-state index contributed by atoms with van der Waals surface area (Å²) in [5, 5.41) is 7.92. The second kappa shape index (κ2) is 12.3. The molecule has 0 aromatic carbocycles. The SMILES string of the molecule is CCNC(=NCCc1ncc(CC)s1)NC1CCN(C(=O)OC)CC1.I. The number of nitrogens with one attached hydrogen (secondary N) is 2. The van der Waals surface area contributed by atoms with E-state index in [-0.39, 0.29) is 30.1 Å². The molecule has 1 fully saturated rings. The molecule has 1 aromatic heterocycles. The number of aromatic nitrogens is 1. The molecule has 0 unspecified atom stereocenters. The Labute approximate surface area is 177 Å². The molecule has 2 rings (SSSR count). The quantitative estimate of drug-likeness (QED) is 0.361. The fourth-order valence-corrected chi connectivity index (χ4v) is 3.59. The van der Waals surface area contributed by atoms with Crippen LogP contribution in [0.15, 0.2) is 11.2 Å². The number of thiazole rings is 1. The molecule has 0 atom stereocenters. The van der Waals surface area contributed by atoms with Gasteiger partial charge in [0.15, 0.2) is 5.96 Å². The van der Waals surface area contributed by atoms with E-state index in [1.807, 2.05) is 6.20 Å². The third kappa shape index (κ3) is 7.26. The lowest BCUT2D eigenvalue weighted by atomic mass is 10.1. The first kappa shape index (κ1) is 22.9. The molecule has 7 nitrogen and oxygen atoms in total. The summed E-state index contributed by atoms with van der Waals surface area (Å²) in [7, 11) is 1.43. The van der Waals surface area contributed by atoms with E-state index in [0.29, 0.717) is 25.7 Å². The molecule has 26 heavy (non-hydrogen) atoms. The Morgan fingerprint density at radius 2 is 2.15 bits per heavy atom. The number of nitrogens with zero attached hydrogens (tertiary/aromatic N) is 3. The van der Waals surface area contributed by atoms with Crippen LogP contribution in [-0.4, -0.2) is 61.3 Å². The lowest BCUT2D eigenvalue weighted by molar-refractivity contribution is 0.111. The van der Waals surface area contributed by atoms with E-state index in [1.54, 1.807) is 16.2 Å². The molecular weight excluding hydrogens is 465 g/mol. The first-order valence-electron chi connectivity index (χ1n) is 8.97. The Hall–Kier alpha value is -1.10. The molecule has 1 saturated heterocycles. The van der Waals surface area contributed by atoms with Crippen LogP contribution in [0, 0.1) is 0 Å². The van der Waals surface area contributed by atoms with Gasteiger partial charge in [-0.25, -0.2) is 9.78 Å². The van der Waals surface area contributed by atoms with Gasteiger partial charge >= 0.3 is 6.09 Å². The highest BCUT2D eigenvalue weighted by Crippen LogP contribution is 2.14. The van der Waals surface area contributed by atoms with Gasteiger partial charge in [-0.05, 0) is 26.2 Å². The summed E-state index contributed by atoms with van der Waals surface area (Å²) >= 11 is 1.77. The highest BCUT2D eigenvalue weighted by molar-refractivity contribution is 14.0. The fraction of sp³-hybridized carbons (Fsp3) is 0.706. The van der Waals surface area contributed by atoms with Crippen molar-refractivity contribution in [3.05, 3.63) is 16.1 Å². The van der Waals surface area contributed by atoms with Crippen LogP contribution in [0.2, 0.25) is 0 Å². The number of piperidine rings is 1. The molecular formula is C17H30IN5O2S. The number of halogens is 1. The van der Waals surface area contributed by atoms with Crippen LogP contribution in [0.4, 0.5) is 4.79 Å². The van der Waals surface area contributed by atoms with Gasteiger partial charge in [-0.1, -0.05) is 6.92 Å². The number of aliphatic imine (C=N–C) groups is 1. The van der Waals surface area contributed by atoms with Gasteiger partial charge < -0.3 is 20.3 Å². The molecule has 0 radical (unpaired) electrons. The molecule has 2 N–H and O–H groups in total. The van der Waals surface area contributed by atoms with Gasteiger partial charge in [0.2, 0.25) is 0 Å². The number of guanidine groups is 1. The number of ether oxygens (including phenoxy) is 1. The summed E-state index contributed by atoms with van der Waals surface area (Å²) in [6.07, 6.45) is 5.41. The van der Waals surface area contributed by atoms with E-state index in [2.05, 4.69) is 34.5 Å². The van der Waals surface area contributed by atoms with Crippen molar-refractivity contribution in [1.82, 2.24) is 20.5 Å². The van der Waals surface area contributed by atoms with Crippen molar-refractivity contribution in [1.29, 1.82) is 0 Å². The maximum absolute atomic E-state index is 11.5. The van der Waals surface area contributed by atoms with Gasteiger partial charge in [-0.15, -0.1) is 35.3 Å². The van der Waals surface area contributed by atoms with Crippen molar-refractivity contribution < 1.29 is 9.53 Å². The predicted molar refractivity (Wildman–Crippen MR) is 117 cm³/mol. The van der Waals surface area contributed by atoms with Crippen LogP contribution in [0.3, 0.4) is 0 Å². The van der Waals surface area contributed by atoms with Crippen molar-refractivity contribution in [3.63, 3.8) is 0 Å². The van der Waals surface area contributed by atoms with Gasteiger partial charge in [-0.2, -0.15) is 0 Å². The van der Waals surface area contributed by atoms with Crippen molar-refractivity contribution in [2.24, 2.45) is 4.99 Å². The number of hydrogen-bond acceptors (Lipinski definition) is 5. The zero-order valence-corrected chi connectivity index (χ0v) is 18.9. The number of hydrogen-bond donors (Lipinski definition) is 2. The number of carbonyl (C=O) groups is 1. The number of methoxy groups -OCH3 is 1. The van der Waals surface area contributed by atoms with E-state index in [1.165, 1.54) is 12.0 Å². The lowest BCUT2D eigenvalue weighted by Gasteiger charge is -2.32. The monoisotopic (exact) mass is 495 g/mol. The molecule has 2 heterocycles. The van der Waals surface area contributed by atoms with Crippen molar-refractivity contribution in [2.75, 3.05) is 33.3 Å². The van der Waals surface area contributed by atoms with E-state index >= 15 is 0 Å². The number of carbonyl (C=O) groups excluding carboxylic acids is 1. The Balaban J connectivity index is 0.00000338. The first-order chi connectivity index (χ1) is 12.2. The molecule has 1 amide bonds. The summed E-state index contributed by atoms with van der Waals surface area (Å²) in [6, 6.07) is 0.324. The summed E-state index contributed by atoms with van der Waals surface area (Å²) in [5.41, 5.74) is 0. The van der Waals surface area contributed by atoms with E-state index in [9.17, 15) is 4.79 Å². The smallest absolute Gasteiger partial charge is 0.409 e. The summed E-state index contributed by atoms with van der Waals surface area (Å²) in [4.78, 5) is 23.7. The van der Waals surface area contributed by atoms with Crippen LogP contribution in [0.25, 0.3) is 0 Å². The van der Waals surface area contributed by atoms with E-state index < -0.39 is 0 Å². The predicted octanol–water partition coefficient (Wildman–Crippen LogP) is 2.65. The van der Waals surface area contributed by atoms with Crippen LogP contribution in [-0.2, 0) is 17.6 Å². The fourth-order valence-electron chi connectivity index (χ4n) is 2.74.